The zero-order chi connectivity index (χ0) is 11.8. The minimum Gasteiger partial charge on any atom is -0.264 e. The molecule has 0 aromatic heterocycles. The topological polar surface area (TPSA) is 43.4 Å². The first-order valence-electron chi connectivity index (χ1n) is 4.42. The van der Waals surface area contributed by atoms with Crippen molar-refractivity contribution in [3.63, 3.8) is 0 Å². The molecule has 16 heavy (non-hydrogen) atoms. The molecule has 0 bridgehead atoms. The first kappa shape index (κ1) is 11.6. The number of hydrogen-bond acceptors (Lipinski definition) is 3. The van der Waals surface area contributed by atoms with Crippen molar-refractivity contribution >= 4 is 36.8 Å². The summed E-state index contributed by atoms with van der Waals surface area (Å²) in [5.41, 5.74) is 0. The van der Waals surface area contributed by atoms with E-state index >= 15 is 0 Å². The minimum atomic E-state index is -3.77. The molecule has 0 saturated heterocycles. The van der Waals surface area contributed by atoms with Crippen LogP contribution in [-0.2, 0) is 14.3 Å². The lowest BCUT2D eigenvalue weighted by Gasteiger charge is -2.06. The maximum absolute atomic E-state index is 11.6. The highest BCUT2D eigenvalue weighted by molar-refractivity contribution is 9.10. The number of hydrogen-bond donors (Lipinski definition) is 0. The molecular formula is C11H8BrO3S. The van der Waals surface area contributed by atoms with Gasteiger partial charge in [-0.25, -0.2) is 0 Å². The van der Waals surface area contributed by atoms with Gasteiger partial charge >= 0.3 is 0 Å². The predicted molar refractivity (Wildman–Crippen MR) is 65.3 cm³/mol. The van der Waals surface area contributed by atoms with Crippen LogP contribution in [0.1, 0.15) is 0 Å². The third kappa shape index (κ3) is 1.86. The Labute approximate surface area is 102 Å². The summed E-state index contributed by atoms with van der Waals surface area (Å²) >= 11 is 3.37. The van der Waals surface area contributed by atoms with Gasteiger partial charge in [0.1, 0.15) is 4.90 Å². The normalized spacial score (nSPS) is 11.9. The van der Waals surface area contributed by atoms with Crippen LogP contribution in [0.15, 0.2) is 45.8 Å². The molecule has 3 nitrogen and oxygen atoms in total. The third-order valence-electron chi connectivity index (χ3n) is 2.25. The fourth-order valence-electron chi connectivity index (χ4n) is 1.52. The van der Waals surface area contributed by atoms with E-state index in [4.69, 9.17) is 0 Å². The smallest absolute Gasteiger partial charge is 0.264 e. The van der Waals surface area contributed by atoms with E-state index in [2.05, 4.69) is 27.2 Å². The summed E-state index contributed by atoms with van der Waals surface area (Å²) in [4.78, 5) is 0.126. The summed E-state index contributed by atoms with van der Waals surface area (Å²) in [5, 5.41) is 1.43. The van der Waals surface area contributed by atoms with Crippen molar-refractivity contribution in [3.8, 4) is 0 Å². The van der Waals surface area contributed by atoms with Crippen LogP contribution in [0.4, 0.5) is 0 Å². The van der Waals surface area contributed by atoms with Crippen molar-refractivity contribution < 1.29 is 12.6 Å². The van der Waals surface area contributed by atoms with E-state index in [1.807, 2.05) is 12.1 Å². The van der Waals surface area contributed by atoms with Crippen LogP contribution in [0.2, 0.25) is 0 Å². The molecule has 0 heterocycles. The molecule has 0 aliphatic carbocycles. The lowest BCUT2D eigenvalue weighted by atomic mass is 10.1. The Balaban J connectivity index is 2.88. The Morgan fingerprint density at radius 1 is 1.06 bits per heavy atom. The average Bonchev–Trinajstić information content (AvgIpc) is 2.29. The van der Waals surface area contributed by atoms with Crippen LogP contribution in [0, 0.1) is 7.11 Å². The van der Waals surface area contributed by atoms with Crippen LogP contribution >= 0.6 is 15.9 Å². The molecule has 0 atom stereocenters. The van der Waals surface area contributed by atoms with Gasteiger partial charge in [0.25, 0.3) is 10.1 Å². The predicted octanol–water partition coefficient (Wildman–Crippen LogP) is 3.10. The number of halogens is 1. The molecule has 0 aliphatic rings. The molecule has 0 amide bonds. The van der Waals surface area contributed by atoms with Crippen LogP contribution in [-0.4, -0.2) is 8.42 Å². The van der Waals surface area contributed by atoms with Crippen LogP contribution in [0.25, 0.3) is 10.8 Å². The summed E-state index contributed by atoms with van der Waals surface area (Å²) in [5.74, 6) is 0. The van der Waals surface area contributed by atoms with Crippen LogP contribution < -0.4 is 0 Å². The van der Waals surface area contributed by atoms with Crippen LogP contribution in [0.5, 0.6) is 0 Å². The maximum atomic E-state index is 11.6. The van der Waals surface area contributed by atoms with Crippen molar-refractivity contribution in [2.45, 2.75) is 4.90 Å². The average molecular weight is 300 g/mol. The largest absolute Gasteiger partial charge is 0.297 e. The monoisotopic (exact) mass is 299 g/mol. The molecule has 0 N–H and O–H groups in total. The van der Waals surface area contributed by atoms with Gasteiger partial charge in [-0.05, 0) is 17.5 Å². The number of benzene rings is 2. The van der Waals surface area contributed by atoms with Gasteiger partial charge in [0, 0.05) is 9.86 Å². The van der Waals surface area contributed by atoms with Crippen LogP contribution in [0.3, 0.4) is 0 Å². The van der Waals surface area contributed by atoms with Gasteiger partial charge in [-0.15, -0.1) is 0 Å². The lowest BCUT2D eigenvalue weighted by molar-refractivity contribution is 0.439. The molecule has 83 valence electrons. The maximum Gasteiger partial charge on any atom is 0.297 e. The van der Waals surface area contributed by atoms with E-state index in [0.29, 0.717) is 5.39 Å². The summed E-state index contributed by atoms with van der Waals surface area (Å²) < 4.78 is 28.4. The summed E-state index contributed by atoms with van der Waals surface area (Å²) in [7, 11) is -0.810. The fourth-order valence-corrected chi connectivity index (χ4v) is 2.84. The standard InChI is InChI=1S/C11H8BrO3S/c1-15-16(13,14)11-7-3-4-8-9(11)5-2-6-10(8)12/h2-7H,1H2. The molecule has 2 rings (SSSR count). The number of rotatable bonds is 2. The molecule has 0 unspecified atom stereocenters. The van der Waals surface area contributed by atoms with Crippen molar-refractivity contribution in [3.05, 3.63) is 48.0 Å². The number of fused-ring (bicyclic) bond motifs is 1. The molecule has 1 radical (unpaired) electrons. The second-order valence-corrected chi connectivity index (χ2v) is 5.60. The highest BCUT2D eigenvalue weighted by Crippen LogP contribution is 2.29. The van der Waals surface area contributed by atoms with Gasteiger partial charge < -0.3 is 0 Å². The zero-order valence-electron chi connectivity index (χ0n) is 8.18. The highest BCUT2D eigenvalue weighted by Gasteiger charge is 2.16. The molecule has 0 saturated carbocycles. The van der Waals surface area contributed by atoms with Gasteiger partial charge in [0.2, 0.25) is 0 Å². The van der Waals surface area contributed by atoms with E-state index in [9.17, 15) is 8.42 Å². The van der Waals surface area contributed by atoms with E-state index in [-0.39, 0.29) is 4.90 Å². The van der Waals surface area contributed by atoms with Crippen molar-refractivity contribution in [1.29, 1.82) is 0 Å². The van der Waals surface area contributed by atoms with Crippen molar-refractivity contribution in [1.82, 2.24) is 0 Å². The minimum absolute atomic E-state index is 0.126. The van der Waals surface area contributed by atoms with Gasteiger partial charge in [-0.3, -0.25) is 4.18 Å². The second-order valence-electron chi connectivity index (χ2n) is 3.16. The molecule has 0 aliphatic heterocycles. The molecule has 5 heteroatoms. The first-order chi connectivity index (χ1) is 7.56. The summed E-state index contributed by atoms with van der Waals surface area (Å²) in [6, 6.07) is 10.3. The fraction of sp³-hybridized carbons (Fsp3) is 0. The van der Waals surface area contributed by atoms with Gasteiger partial charge in [-0.2, -0.15) is 8.42 Å². The quantitative estimate of drug-likeness (QED) is 0.800. The van der Waals surface area contributed by atoms with E-state index in [1.165, 1.54) is 6.07 Å². The van der Waals surface area contributed by atoms with Gasteiger partial charge in [0.15, 0.2) is 0 Å². The molecule has 0 fully saturated rings. The Kier molecular flexibility index (Phi) is 3.01. The molecular weight excluding hydrogens is 292 g/mol. The van der Waals surface area contributed by atoms with E-state index in [0.717, 1.165) is 9.86 Å². The summed E-state index contributed by atoms with van der Waals surface area (Å²) in [6.45, 7) is 0. The molecule has 2 aromatic rings. The second kappa shape index (κ2) is 4.16. The molecule has 0 spiro atoms. The Bertz CT molecular complexity index is 635. The Morgan fingerprint density at radius 3 is 2.38 bits per heavy atom. The van der Waals surface area contributed by atoms with Gasteiger partial charge in [-0.1, -0.05) is 40.2 Å². The van der Waals surface area contributed by atoms with E-state index in [1.54, 1.807) is 18.2 Å². The van der Waals surface area contributed by atoms with Gasteiger partial charge in [0.05, 0.1) is 7.11 Å². The van der Waals surface area contributed by atoms with Crippen molar-refractivity contribution in [2.75, 3.05) is 0 Å². The molecule has 2 aromatic carbocycles. The summed E-state index contributed by atoms with van der Waals surface area (Å²) in [6.07, 6.45) is 0. The SMILES string of the molecule is [CH2]OS(=O)(=O)c1cccc2c(Br)cccc12. The lowest BCUT2D eigenvalue weighted by Crippen LogP contribution is -2.02. The Hall–Kier alpha value is -0.910. The highest BCUT2D eigenvalue weighted by atomic mass is 79.9. The third-order valence-corrected chi connectivity index (χ3v) is 4.15. The zero-order valence-corrected chi connectivity index (χ0v) is 10.6. The Morgan fingerprint density at radius 2 is 1.69 bits per heavy atom. The van der Waals surface area contributed by atoms with Crippen molar-refractivity contribution in [2.24, 2.45) is 0 Å². The van der Waals surface area contributed by atoms with E-state index < -0.39 is 10.1 Å². The first-order valence-corrected chi connectivity index (χ1v) is 6.62.